The van der Waals surface area contributed by atoms with Crippen molar-refractivity contribution in [3.63, 3.8) is 0 Å². The Hall–Kier alpha value is -2.17. The van der Waals surface area contributed by atoms with Crippen LogP contribution in [0.15, 0.2) is 60.7 Å². The molecule has 2 aromatic rings. The van der Waals surface area contributed by atoms with Gasteiger partial charge in [-0.15, -0.1) is 0 Å². The van der Waals surface area contributed by atoms with Gasteiger partial charge in [0.15, 0.2) is 0 Å². The monoisotopic (exact) mass is 393 g/mol. The van der Waals surface area contributed by atoms with Gasteiger partial charge in [-0.3, -0.25) is 0 Å². The van der Waals surface area contributed by atoms with Gasteiger partial charge in [0.2, 0.25) is 0 Å². The Balaban J connectivity index is 2.24. The number of nitrogens with zero attached hydrogens (tertiary/aromatic N) is 1. The van der Waals surface area contributed by atoms with E-state index in [1.807, 2.05) is 60.7 Å². The van der Waals surface area contributed by atoms with E-state index in [1.165, 1.54) is 0 Å². The third kappa shape index (κ3) is 5.18. The van der Waals surface area contributed by atoms with Crippen molar-refractivity contribution < 1.29 is 14.5 Å². The van der Waals surface area contributed by atoms with Crippen LogP contribution in [0.25, 0.3) is 0 Å². The number of esters is 1. The Morgan fingerprint density at radius 3 is 2.25 bits per heavy atom. The fourth-order valence-electron chi connectivity index (χ4n) is 2.29. The SMILES string of the molecule is CCOC(=O)C(CC([Se]c1ccccc1)c1ccccc1)[N+](=O)[O-]. The molecule has 2 rings (SSSR count). The molecule has 0 saturated heterocycles. The van der Waals surface area contributed by atoms with E-state index < -0.39 is 16.9 Å². The number of hydrogen-bond donors (Lipinski definition) is 0. The first-order valence-corrected chi connectivity index (χ1v) is 9.53. The molecule has 0 spiro atoms. The molecule has 0 amide bonds. The first-order chi connectivity index (χ1) is 11.6. The minimum absolute atomic E-state index is 0.0244. The number of nitro groups is 1. The second-order valence-electron chi connectivity index (χ2n) is 5.12. The predicted octanol–water partition coefficient (Wildman–Crippen LogP) is 2.36. The fraction of sp³-hybridized carbons (Fsp3) is 0.278. The summed E-state index contributed by atoms with van der Waals surface area (Å²) in [7, 11) is 0. The number of benzene rings is 2. The van der Waals surface area contributed by atoms with Crippen LogP contribution in [0.2, 0.25) is 0 Å². The van der Waals surface area contributed by atoms with Crippen LogP contribution in [0.4, 0.5) is 0 Å². The Morgan fingerprint density at radius 2 is 1.71 bits per heavy atom. The third-order valence-electron chi connectivity index (χ3n) is 3.44. The Morgan fingerprint density at radius 1 is 1.12 bits per heavy atom. The molecule has 0 bridgehead atoms. The molecule has 0 N–H and O–H groups in total. The maximum absolute atomic E-state index is 11.9. The van der Waals surface area contributed by atoms with Gasteiger partial charge in [-0.2, -0.15) is 0 Å². The topological polar surface area (TPSA) is 69.4 Å². The summed E-state index contributed by atoms with van der Waals surface area (Å²) in [6.07, 6.45) is 0.144. The van der Waals surface area contributed by atoms with E-state index in [4.69, 9.17) is 4.74 Å². The van der Waals surface area contributed by atoms with Crippen LogP contribution in [-0.2, 0) is 9.53 Å². The predicted molar refractivity (Wildman–Crippen MR) is 93.0 cm³/mol. The van der Waals surface area contributed by atoms with Crippen LogP contribution in [-0.4, -0.2) is 38.5 Å². The van der Waals surface area contributed by atoms with Crippen LogP contribution in [0.1, 0.15) is 23.7 Å². The first kappa shape index (κ1) is 18.2. The van der Waals surface area contributed by atoms with Crippen LogP contribution < -0.4 is 4.46 Å². The van der Waals surface area contributed by atoms with Crippen LogP contribution in [0, 0.1) is 10.1 Å². The molecule has 2 aromatic carbocycles. The third-order valence-corrected chi connectivity index (χ3v) is 6.16. The number of carbonyl (C=O) groups excluding carboxylic acids is 1. The normalized spacial score (nSPS) is 13.0. The summed E-state index contributed by atoms with van der Waals surface area (Å²) in [5.41, 5.74) is 1.01. The van der Waals surface area contributed by atoms with Gasteiger partial charge in [0.05, 0.1) is 0 Å². The number of rotatable bonds is 8. The van der Waals surface area contributed by atoms with Crippen LogP contribution in [0.3, 0.4) is 0 Å². The van der Waals surface area contributed by atoms with Gasteiger partial charge in [-0.1, -0.05) is 0 Å². The summed E-state index contributed by atoms with van der Waals surface area (Å²) >= 11 is -0.0244. The second-order valence-corrected chi connectivity index (χ2v) is 7.80. The Kier molecular flexibility index (Phi) is 6.97. The molecule has 2 unspecified atom stereocenters. The van der Waals surface area contributed by atoms with Gasteiger partial charge >= 0.3 is 147 Å². The molecule has 0 aliphatic rings. The molecule has 0 radical (unpaired) electrons. The second kappa shape index (κ2) is 9.20. The number of hydrogen-bond acceptors (Lipinski definition) is 4. The maximum atomic E-state index is 11.9. The van der Waals surface area contributed by atoms with Gasteiger partial charge in [0.1, 0.15) is 0 Å². The molecule has 2 atom stereocenters. The minimum atomic E-state index is -1.33. The summed E-state index contributed by atoms with van der Waals surface area (Å²) in [4.78, 5) is 22.7. The van der Waals surface area contributed by atoms with Crippen molar-refractivity contribution in [1.82, 2.24) is 0 Å². The summed E-state index contributed by atoms with van der Waals surface area (Å²) < 4.78 is 6.02. The van der Waals surface area contributed by atoms with Crippen molar-refractivity contribution >= 4 is 25.4 Å². The van der Waals surface area contributed by atoms with E-state index in [1.54, 1.807) is 6.92 Å². The van der Waals surface area contributed by atoms with Crippen molar-refractivity contribution in [3.05, 3.63) is 76.3 Å². The average Bonchev–Trinajstić information content (AvgIpc) is 2.60. The van der Waals surface area contributed by atoms with E-state index in [9.17, 15) is 14.9 Å². The van der Waals surface area contributed by atoms with Crippen LogP contribution in [0.5, 0.6) is 0 Å². The van der Waals surface area contributed by atoms with Gasteiger partial charge in [-0.05, 0) is 0 Å². The molecule has 126 valence electrons. The Labute approximate surface area is 147 Å². The van der Waals surface area contributed by atoms with E-state index in [0.717, 1.165) is 10.0 Å². The zero-order chi connectivity index (χ0) is 17.4. The van der Waals surface area contributed by atoms with Crippen molar-refractivity contribution in [2.75, 3.05) is 6.61 Å². The van der Waals surface area contributed by atoms with Crippen molar-refractivity contribution in [2.45, 2.75) is 24.2 Å². The summed E-state index contributed by atoms with van der Waals surface area (Å²) in [6, 6.07) is 18.2. The average molecular weight is 392 g/mol. The molecule has 0 saturated carbocycles. The molecule has 0 heterocycles. The van der Waals surface area contributed by atoms with E-state index in [0.29, 0.717) is 0 Å². The molecule has 6 heteroatoms. The zero-order valence-electron chi connectivity index (χ0n) is 13.3. The van der Waals surface area contributed by atoms with Gasteiger partial charge in [0.25, 0.3) is 0 Å². The molecule has 0 aliphatic carbocycles. The van der Waals surface area contributed by atoms with Gasteiger partial charge in [-0.25, -0.2) is 0 Å². The first-order valence-electron chi connectivity index (χ1n) is 7.68. The standard InChI is InChI=1S/C18H19NO4Se/c1-2-23-18(20)16(19(21)22)13-17(14-9-5-3-6-10-14)24-15-11-7-4-8-12-15/h3-12,16-17H,2,13H2,1H3. The van der Waals surface area contributed by atoms with Gasteiger partial charge in [0, 0.05) is 0 Å². The van der Waals surface area contributed by atoms with Crippen molar-refractivity contribution in [1.29, 1.82) is 0 Å². The zero-order valence-corrected chi connectivity index (χ0v) is 15.0. The number of ether oxygens (including phenoxy) is 1. The molecule has 0 fully saturated rings. The molecule has 0 aromatic heterocycles. The fourth-order valence-corrected chi connectivity index (χ4v) is 4.84. The van der Waals surface area contributed by atoms with Crippen LogP contribution >= 0.6 is 0 Å². The van der Waals surface area contributed by atoms with Crippen molar-refractivity contribution in [3.8, 4) is 0 Å². The van der Waals surface area contributed by atoms with E-state index in [-0.39, 0.29) is 32.8 Å². The molecule has 24 heavy (non-hydrogen) atoms. The molecule has 0 aliphatic heterocycles. The quantitative estimate of drug-likeness (QED) is 0.299. The molecular formula is C18H19NO4Se. The number of carbonyl (C=O) groups is 1. The Bertz CT molecular complexity index is 663. The summed E-state index contributed by atoms with van der Waals surface area (Å²) in [6.45, 7) is 1.79. The van der Waals surface area contributed by atoms with Crippen molar-refractivity contribution in [2.24, 2.45) is 0 Å². The van der Waals surface area contributed by atoms with Gasteiger partial charge < -0.3 is 0 Å². The van der Waals surface area contributed by atoms with E-state index >= 15 is 0 Å². The van der Waals surface area contributed by atoms with E-state index in [2.05, 4.69) is 0 Å². The molecular weight excluding hydrogens is 373 g/mol. The summed E-state index contributed by atoms with van der Waals surface area (Å²) in [5, 5.41) is 11.3. The summed E-state index contributed by atoms with van der Waals surface area (Å²) in [5.74, 6) is -0.757. The molecule has 5 nitrogen and oxygen atoms in total.